The van der Waals surface area contributed by atoms with Crippen LogP contribution in [0.2, 0.25) is 0 Å². The second kappa shape index (κ2) is 6.17. The summed E-state index contributed by atoms with van der Waals surface area (Å²) in [5.41, 5.74) is 3.28. The minimum absolute atomic E-state index is 0.191. The molecule has 0 radical (unpaired) electrons. The predicted molar refractivity (Wildman–Crippen MR) is 79.8 cm³/mol. The number of pyridine rings is 1. The van der Waals surface area contributed by atoms with Crippen molar-refractivity contribution in [2.24, 2.45) is 0 Å². The van der Waals surface area contributed by atoms with Gasteiger partial charge in [-0.05, 0) is 21.9 Å². The highest BCUT2D eigenvalue weighted by atomic mass is 16.5. The number of anilines is 1. The van der Waals surface area contributed by atoms with Gasteiger partial charge in [0.1, 0.15) is 0 Å². The Labute approximate surface area is 127 Å². The molecule has 0 saturated carbocycles. The number of hydrogen-bond donors (Lipinski definition) is 1. The number of nitrogens with zero attached hydrogens (tertiary/aromatic N) is 3. The fraction of sp³-hybridized carbons (Fsp3) is 0.125. The maximum atomic E-state index is 10.9. The second-order valence-corrected chi connectivity index (χ2v) is 4.88. The first kappa shape index (κ1) is 13.9. The molecule has 3 aromatic rings. The van der Waals surface area contributed by atoms with E-state index < -0.39 is 0 Å². The number of hydrogen-bond acceptors (Lipinski definition) is 4. The van der Waals surface area contributed by atoms with Crippen molar-refractivity contribution in [3.63, 3.8) is 0 Å². The third-order valence-electron chi connectivity index (χ3n) is 3.10. The van der Waals surface area contributed by atoms with Crippen molar-refractivity contribution in [2.75, 3.05) is 5.32 Å². The van der Waals surface area contributed by atoms with E-state index in [4.69, 9.17) is 4.52 Å². The van der Waals surface area contributed by atoms with Crippen molar-refractivity contribution in [1.82, 2.24) is 10.3 Å². The molecule has 0 aliphatic heterocycles. The number of amides is 1. The Morgan fingerprint density at radius 2 is 2.05 bits per heavy atom. The van der Waals surface area contributed by atoms with E-state index in [9.17, 15) is 4.79 Å². The summed E-state index contributed by atoms with van der Waals surface area (Å²) >= 11 is 0. The largest absolute Gasteiger partial charge is 0.302 e. The van der Waals surface area contributed by atoms with Crippen LogP contribution in [0.4, 0.5) is 5.88 Å². The number of nitrogens with one attached hydrogen (secondary N) is 1. The Kier molecular flexibility index (Phi) is 3.91. The molecule has 0 fully saturated rings. The summed E-state index contributed by atoms with van der Waals surface area (Å²) < 4.78 is 6.64. The zero-order valence-corrected chi connectivity index (χ0v) is 12.1. The summed E-state index contributed by atoms with van der Waals surface area (Å²) in [5.74, 6) is 0.142. The third kappa shape index (κ3) is 3.35. The van der Waals surface area contributed by atoms with E-state index >= 15 is 0 Å². The van der Waals surface area contributed by atoms with Gasteiger partial charge in [-0.15, -0.1) is 0 Å². The summed E-state index contributed by atoms with van der Waals surface area (Å²) in [4.78, 5) is 15.1. The fourth-order valence-corrected chi connectivity index (χ4v) is 2.11. The molecule has 1 aromatic carbocycles. The van der Waals surface area contributed by atoms with E-state index in [0.29, 0.717) is 12.4 Å². The molecule has 0 saturated heterocycles. The number of rotatable bonds is 4. The normalized spacial score (nSPS) is 10.4. The third-order valence-corrected chi connectivity index (χ3v) is 3.10. The molecule has 0 aliphatic carbocycles. The number of benzene rings is 1. The Morgan fingerprint density at radius 1 is 1.23 bits per heavy atom. The molecular formula is C16H15N4O2+. The van der Waals surface area contributed by atoms with E-state index in [1.165, 1.54) is 6.92 Å². The average molecular weight is 295 g/mol. The second-order valence-electron chi connectivity index (χ2n) is 4.88. The predicted octanol–water partition coefficient (Wildman–Crippen LogP) is 2.03. The minimum Gasteiger partial charge on any atom is -0.289 e. The molecule has 0 spiro atoms. The van der Waals surface area contributed by atoms with Crippen molar-refractivity contribution < 1.29 is 14.0 Å². The Bertz CT molecular complexity index is 766. The van der Waals surface area contributed by atoms with E-state index in [-0.39, 0.29) is 5.91 Å². The maximum absolute atomic E-state index is 10.9. The van der Waals surface area contributed by atoms with Crippen LogP contribution in [0.15, 0.2) is 59.5 Å². The van der Waals surface area contributed by atoms with Gasteiger partial charge >= 0.3 is 5.88 Å². The number of carbonyl (C=O) groups excluding carboxylic acids is 1. The smallest absolute Gasteiger partial charge is 0.289 e. The SMILES string of the molecule is CC(=O)Nc1c[n+](Cc2ccc(-c3cccnc3)cc2)no1. The van der Waals surface area contributed by atoms with E-state index in [1.54, 1.807) is 17.1 Å². The van der Waals surface area contributed by atoms with Crippen LogP contribution in [0.3, 0.4) is 0 Å². The van der Waals surface area contributed by atoms with E-state index in [2.05, 4.69) is 15.6 Å². The number of carbonyl (C=O) groups is 1. The van der Waals surface area contributed by atoms with Crippen LogP contribution in [0, 0.1) is 0 Å². The van der Waals surface area contributed by atoms with Crippen molar-refractivity contribution in [1.29, 1.82) is 0 Å². The highest BCUT2D eigenvalue weighted by Crippen LogP contribution is 2.18. The monoisotopic (exact) mass is 295 g/mol. The van der Waals surface area contributed by atoms with Crippen molar-refractivity contribution in [3.8, 4) is 11.1 Å². The van der Waals surface area contributed by atoms with Crippen LogP contribution in [0.25, 0.3) is 11.1 Å². The van der Waals surface area contributed by atoms with Gasteiger partial charge in [-0.2, -0.15) is 0 Å². The molecule has 110 valence electrons. The molecule has 2 heterocycles. The number of aromatic nitrogens is 3. The van der Waals surface area contributed by atoms with Gasteiger partial charge in [0, 0.05) is 24.9 Å². The zero-order valence-electron chi connectivity index (χ0n) is 12.1. The summed E-state index contributed by atoms with van der Waals surface area (Å²) in [6.45, 7) is 1.99. The van der Waals surface area contributed by atoms with Crippen LogP contribution in [0.1, 0.15) is 12.5 Å². The molecule has 22 heavy (non-hydrogen) atoms. The molecule has 1 N–H and O–H groups in total. The van der Waals surface area contributed by atoms with Gasteiger partial charge in [0.15, 0.2) is 0 Å². The van der Waals surface area contributed by atoms with Crippen molar-refractivity contribution >= 4 is 11.8 Å². The van der Waals surface area contributed by atoms with Crippen molar-refractivity contribution in [3.05, 3.63) is 60.6 Å². The lowest BCUT2D eigenvalue weighted by Gasteiger charge is -2.01. The molecule has 2 aromatic heterocycles. The Hall–Kier alpha value is -3.02. The summed E-state index contributed by atoms with van der Waals surface area (Å²) in [6, 6.07) is 12.1. The van der Waals surface area contributed by atoms with Crippen LogP contribution in [-0.4, -0.2) is 16.2 Å². The fourth-order valence-electron chi connectivity index (χ4n) is 2.11. The summed E-state index contributed by atoms with van der Waals surface area (Å²) in [6.07, 6.45) is 5.24. The Balaban J connectivity index is 1.71. The van der Waals surface area contributed by atoms with Crippen molar-refractivity contribution in [2.45, 2.75) is 13.5 Å². The molecule has 3 rings (SSSR count). The molecule has 6 heteroatoms. The molecule has 0 aliphatic rings. The van der Waals surface area contributed by atoms with Gasteiger partial charge in [0.2, 0.25) is 17.7 Å². The minimum atomic E-state index is -0.191. The summed E-state index contributed by atoms with van der Waals surface area (Å²) in [5, 5.41) is 6.41. The van der Waals surface area contributed by atoms with Crippen LogP contribution >= 0.6 is 0 Å². The summed E-state index contributed by atoms with van der Waals surface area (Å²) in [7, 11) is 0. The molecule has 0 bridgehead atoms. The lowest BCUT2D eigenvalue weighted by molar-refractivity contribution is -0.754. The van der Waals surface area contributed by atoms with E-state index in [0.717, 1.165) is 16.7 Å². The topological polar surface area (TPSA) is 71.9 Å². The molecule has 0 atom stereocenters. The average Bonchev–Trinajstić information content (AvgIpc) is 2.95. The molecule has 6 nitrogen and oxygen atoms in total. The first-order valence-corrected chi connectivity index (χ1v) is 6.84. The molecule has 1 amide bonds. The molecule has 0 unspecified atom stereocenters. The van der Waals surface area contributed by atoms with Crippen LogP contribution < -0.4 is 10.00 Å². The highest BCUT2D eigenvalue weighted by molar-refractivity contribution is 5.86. The zero-order chi connectivity index (χ0) is 15.4. The van der Waals surface area contributed by atoms with Gasteiger partial charge in [-0.1, -0.05) is 30.3 Å². The first-order chi connectivity index (χ1) is 10.7. The quantitative estimate of drug-likeness (QED) is 0.748. The molecular weight excluding hydrogens is 280 g/mol. The maximum Gasteiger partial charge on any atom is 0.302 e. The standard InChI is InChI=1S/C16H14N4O2/c1-12(21)18-16-11-20(19-22-16)10-13-4-6-14(7-5-13)15-3-2-8-17-9-15/h2-9,11H,10H2,1H3/p+1. The van der Waals surface area contributed by atoms with Crippen LogP contribution in [-0.2, 0) is 11.3 Å². The van der Waals surface area contributed by atoms with Gasteiger partial charge in [0.05, 0.1) is 0 Å². The first-order valence-electron chi connectivity index (χ1n) is 6.84. The van der Waals surface area contributed by atoms with Gasteiger partial charge < -0.3 is 0 Å². The lowest BCUT2D eigenvalue weighted by Crippen LogP contribution is -2.35. The Morgan fingerprint density at radius 3 is 2.73 bits per heavy atom. The van der Waals surface area contributed by atoms with Gasteiger partial charge in [-0.3, -0.25) is 19.6 Å². The lowest BCUT2D eigenvalue weighted by atomic mass is 10.1. The van der Waals surface area contributed by atoms with Crippen LogP contribution in [0.5, 0.6) is 0 Å². The van der Waals surface area contributed by atoms with Gasteiger partial charge in [0.25, 0.3) is 6.20 Å². The van der Waals surface area contributed by atoms with E-state index in [1.807, 2.05) is 42.6 Å². The highest BCUT2D eigenvalue weighted by Gasteiger charge is 2.13. The van der Waals surface area contributed by atoms with Gasteiger partial charge in [-0.25, -0.2) is 0 Å².